The van der Waals surface area contributed by atoms with E-state index in [1.165, 1.54) is 0 Å². The van der Waals surface area contributed by atoms with Gasteiger partial charge in [-0.05, 0) is 6.07 Å². The van der Waals surface area contributed by atoms with E-state index in [2.05, 4.69) is 4.74 Å². The molecule has 23 heavy (non-hydrogen) atoms. The van der Waals surface area contributed by atoms with Gasteiger partial charge in [-0.25, -0.2) is 8.78 Å². The number of nitrogens with zero attached hydrogens (tertiary/aromatic N) is 1. The van der Waals surface area contributed by atoms with Crippen LogP contribution in [0, 0.1) is 10.1 Å². The van der Waals surface area contributed by atoms with Crippen LogP contribution in [0.5, 0.6) is 5.75 Å². The van der Waals surface area contributed by atoms with Crippen LogP contribution in [0.4, 0.5) is 23.2 Å². The first kappa shape index (κ1) is 19.5. The first-order valence-electron chi connectivity index (χ1n) is 6.15. The van der Waals surface area contributed by atoms with Crippen LogP contribution in [0.3, 0.4) is 0 Å². The molecule has 0 unspecified atom stereocenters. The van der Waals surface area contributed by atoms with Gasteiger partial charge in [0.05, 0.1) is 23.7 Å². The molecular formula is C12H13F4NO5S. The molecule has 0 aliphatic heterocycles. The molecule has 0 spiro atoms. The molecule has 0 heterocycles. The van der Waals surface area contributed by atoms with Crippen molar-refractivity contribution in [2.75, 3.05) is 19.0 Å². The maximum absolute atomic E-state index is 12.8. The Bertz CT molecular complexity index is 546. The van der Waals surface area contributed by atoms with E-state index in [1.807, 2.05) is 0 Å². The summed E-state index contributed by atoms with van der Waals surface area (Å²) in [5.74, 6) is -4.77. The Labute approximate surface area is 132 Å². The van der Waals surface area contributed by atoms with Crippen molar-refractivity contribution in [1.29, 1.82) is 0 Å². The Balaban J connectivity index is 2.89. The normalized spacial score (nSPS) is 13.2. The molecule has 0 amide bonds. The molecule has 0 bridgehead atoms. The van der Waals surface area contributed by atoms with Crippen molar-refractivity contribution in [3.05, 3.63) is 28.3 Å². The lowest BCUT2D eigenvalue weighted by Crippen LogP contribution is -2.33. The van der Waals surface area contributed by atoms with Crippen molar-refractivity contribution < 1.29 is 37.4 Å². The number of nitro groups is 1. The number of alkyl halides is 4. The largest absolute Gasteiger partial charge is 0.487 e. The summed E-state index contributed by atoms with van der Waals surface area (Å²) < 4.78 is 54.3. The molecule has 11 heteroatoms. The minimum Gasteiger partial charge on any atom is -0.487 e. The number of hydrogen-bond acceptors (Lipinski definition) is 6. The molecule has 0 saturated carbocycles. The Kier molecular flexibility index (Phi) is 7.03. The molecule has 130 valence electrons. The molecule has 1 aromatic carbocycles. The van der Waals surface area contributed by atoms with Gasteiger partial charge in [-0.2, -0.15) is 8.78 Å². The number of nitro benzene ring substituents is 1. The fraction of sp³-hybridized carbons (Fsp3) is 0.500. The highest BCUT2D eigenvalue weighted by Gasteiger charge is 2.41. The lowest BCUT2D eigenvalue weighted by atomic mass is 10.3. The van der Waals surface area contributed by atoms with Crippen molar-refractivity contribution in [2.45, 2.75) is 23.3 Å². The molecule has 0 aliphatic rings. The van der Waals surface area contributed by atoms with Gasteiger partial charge in [0.15, 0.2) is 6.61 Å². The predicted molar refractivity (Wildman–Crippen MR) is 73.4 cm³/mol. The standard InChI is InChI=1S/C12H13F4NO5S/c13-11(14)12(15,16)6-22-9-1-7(17(20)21)2-10(3-9)23-5-8(19)4-18/h1-3,8,11,18-19H,4-6H2/t8-/m1/s1. The van der Waals surface area contributed by atoms with E-state index >= 15 is 0 Å². The molecule has 0 fully saturated rings. The van der Waals surface area contributed by atoms with Gasteiger partial charge in [-0.15, -0.1) is 11.8 Å². The number of non-ortho nitro benzene ring substituents is 1. The Morgan fingerprint density at radius 3 is 2.52 bits per heavy atom. The number of ether oxygens (including phenoxy) is 1. The van der Waals surface area contributed by atoms with Crippen LogP contribution in [0.15, 0.2) is 23.1 Å². The first-order valence-corrected chi connectivity index (χ1v) is 7.14. The van der Waals surface area contributed by atoms with Gasteiger partial charge in [-0.1, -0.05) is 0 Å². The molecule has 0 saturated heterocycles. The van der Waals surface area contributed by atoms with Crippen LogP contribution in [-0.4, -0.2) is 52.6 Å². The average Bonchev–Trinajstić information content (AvgIpc) is 2.50. The van der Waals surface area contributed by atoms with Gasteiger partial charge in [-0.3, -0.25) is 10.1 Å². The molecule has 1 aromatic rings. The number of benzene rings is 1. The molecule has 2 N–H and O–H groups in total. The van der Waals surface area contributed by atoms with Gasteiger partial charge in [0.25, 0.3) is 5.69 Å². The van der Waals surface area contributed by atoms with Gasteiger partial charge in [0.2, 0.25) is 0 Å². The summed E-state index contributed by atoms with van der Waals surface area (Å²) in [4.78, 5) is 10.2. The monoisotopic (exact) mass is 359 g/mol. The zero-order chi connectivity index (χ0) is 17.6. The Hall–Kier alpha value is -1.59. The second-order valence-corrected chi connectivity index (χ2v) is 5.51. The van der Waals surface area contributed by atoms with Gasteiger partial charge in [0, 0.05) is 16.7 Å². The average molecular weight is 359 g/mol. The number of rotatable bonds is 9. The molecule has 0 radical (unpaired) electrons. The van der Waals surface area contributed by atoms with Gasteiger partial charge in [0.1, 0.15) is 5.75 Å². The van der Waals surface area contributed by atoms with E-state index in [1.54, 1.807) is 0 Å². The zero-order valence-electron chi connectivity index (χ0n) is 11.5. The van der Waals surface area contributed by atoms with E-state index in [4.69, 9.17) is 5.11 Å². The fourth-order valence-electron chi connectivity index (χ4n) is 1.32. The summed E-state index contributed by atoms with van der Waals surface area (Å²) in [5, 5.41) is 28.7. The minimum atomic E-state index is -4.38. The number of halogens is 4. The lowest BCUT2D eigenvalue weighted by molar-refractivity contribution is -0.385. The summed E-state index contributed by atoms with van der Waals surface area (Å²) in [6, 6.07) is 3.07. The quantitative estimate of drug-likeness (QED) is 0.304. The van der Waals surface area contributed by atoms with E-state index < -0.39 is 42.3 Å². The SMILES string of the molecule is O=[N+]([O-])c1cc(OCC(F)(F)C(F)F)cc(SC[C@H](O)CO)c1. The van der Waals surface area contributed by atoms with E-state index in [0.717, 1.165) is 30.0 Å². The van der Waals surface area contributed by atoms with Crippen molar-refractivity contribution in [3.8, 4) is 5.75 Å². The maximum Gasteiger partial charge on any atom is 0.340 e. The highest BCUT2D eigenvalue weighted by molar-refractivity contribution is 7.99. The molecule has 1 rings (SSSR count). The van der Waals surface area contributed by atoms with E-state index in [9.17, 15) is 32.8 Å². The van der Waals surface area contributed by atoms with Crippen LogP contribution >= 0.6 is 11.8 Å². The third-order valence-corrected chi connectivity index (χ3v) is 3.60. The summed E-state index contributed by atoms with van der Waals surface area (Å²) in [6.07, 6.45) is -5.00. The molecule has 1 atom stereocenters. The van der Waals surface area contributed by atoms with Crippen LogP contribution in [0.2, 0.25) is 0 Å². The van der Waals surface area contributed by atoms with Crippen LogP contribution in [0.1, 0.15) is 0 Å². The molecule has 0 aromatic heterocycles. The number of aliphatic hydroxyl groups is 2. The predicted octanol–water partition coefficient (Wildman–Crippen LogP) is 2.32. The van der Waals surface area contributed by atoms with E-state index in [-0.39, 0.29) is 16.4 Å². The maximum atomic E-state index is 12.8. The number of aliphatic hydroxyl groups excluding tert-OH is 2. The summed E-state index contributed by atoms with van der Waals surface area (Å²) >= 11 is 0.908. The van der Waals surface area contributed by atoms with Gasteiger partial charge < -0.3 is 14.9 Å². The van der Waals surface area contributed by atoms with Crippen molar-refractivity contribution in [2.24, 2.45) is 0 Å². The fourth-order valence-corrected chi connectivity index (χ4v) is 2.21. The van der Waals surface area contributed by atoms with Crippen molar-refractivity contribution in [3.63, 3.8) is 0 Å². The zero-order valence-corrected chi connectivity index (χ0v) is 12.3. The van der Waals surface area contributed by atoms with Gasteiger partial charge >= 0.3 is 12.3 Å². The summed E-state index contributed by atoms with van der Waals surface area (Å²) in [6.45, 7) is -2.15. The second kappa shape index (κ2) is 8.31. The Morgan fingerprint density at radius 1 is 1.35 bits per heavy atom. The summed E-state index contributed by atoms with van der Waals surface area (Å²) in [5.41, 5.74) is -0.483. The molecular weight excluding hydrogens is 346 g/mol. The molecule has 6 nitrogen and oxygen atoms in total. The Morgan fingerprint density at radius 2 is 2.00 bits per heavy atom. The van der Waals surface area contributed by atoms with Crippen molar-refractivity contribution >= 4 is 17.4 Å². The van der Waals surface area contributed by atoms with Crippen molar-refractivity contribution in [1.82, 2.24) is 0 Å². The first-order chi connectivity index (χ1) is 10.7. The topological polar surface area (TPSA) is 92.8 Å². The van der Waals surface area contributed by atoms with E-state index in [0.29, 0.717) is 0 Å². The minimum absolute atomic E-state index is 0.00962. The highest BCUT2D eigenvalue weighted by Crippen LogP contribution is 2.31. The third-order valence-electron chi connectivity index (χ3n) is 2.48. The third kappa shape index (κ3) is 6.20. The smallest absolute Gasteiger partial charge is 0.340 e. The highest BCUT2D eigenvalue weighted by atomic mass is 32.2. The second-order valence-electron chi connectivity index (χ2n) is 4.42. The number of hydrogen-bond donors (Lipinski definition) is 2. The van der Waals surface area contributed by atoms with Crippen LogP contribution in [-0.2, 0) is 0 Å². The lowest BCUT2D eigenvalue weighted by Gasteiger charge is -2.16. The number of thioether (sulfide) groups is 1. The summed E-state index contributed by atoms with van der Waals surface area (Å²) in [7, 11) is 0. The van der Waals surface area contributed by atoms with Crippen LogP contribution < -0.4 is 4.74 Å². The molecule has 0 aliphatic carbocycles. The van der Waals surface area contributed by atoms with Crippen LogP contribution in [0.25, 0.3) is 0 Å².